The Morgan fingerprint density at radius 1 is 1.10 bits per heavy atom. The van der Waals surface area contributed by atoms with Gasteiger partial charge < -0.3 is 4.74 Å². The average molecular weight is 286 g/mol. The number of benzene rings is 1. The van der Waals surface area contributed by atoms with Crippen LogP contribution < -0.4 is 4.74 Å². The van der Waals surface area contributed by atoms with Crippen molar-refractivity contribution in [1.82, 2.24) is 0 Å². The molecule has 1 aromatic rings. The highest BCUT2D eigenvalue weighted by molar-refractivity contribution is 5.29. The number of rotatable bonds is 8. The zero-order valence-electron chi connectivity index (χ0n) is 14.3. The number of hydrogen-bond donors (Lipinski definition) is 0. The van der Waals surface area contributed by atoms with Crippen molar-refractivity contribution in [1.29, 1.82) is 0 Å². The molecule has 0 N–H and O–H groups in total. The Hall–Kier alpha value is -1.50. The van der Waals surface area contributed by atoms with Gasteiger partial charge in [-0.3, -0.25) is 0 Å². The van der Waals surface area contributed by atoms with Crippen molar-refractivity contribution in [2.75, 3.05) is 6.61 Å². The summed E-state index contributed by atoms with van der Waals surface area (Å²) in [6, 6.07) is 8.51. The molecule has 0 amide bonds. The second-order valence-corrected chi connectivity index (χ2v) is 6.06. The van der Waals surface area contributed by atoms with E-state index in [-0.39, 0.29) is 0 Å². The van der Waals surface area contributed by atoms with Crippen LogP contribution in [0.2, 0.25) is 0 Å². The van der Waals surface area contributed by atoms with Gasteiger partial charge in [-0.25, -0.2) is 0 Å². The lowest BCUT2D eigenvalue weighted by Gasteiger charge is -2.10. The molecular formula is C20H30O. The molecule has 0 aliphatic heterocycles. The SMILES string of the molecule is CC[C@@H](C)c1ccc(OC/C=C(\C)CCC=C(C)C)cc1. The molecule has 0 saturated carbocycles. The first-order chi connectivity index (χ1) is 10.0. The molecule has 0 heterocycles. The highest BCUT2D eigenvalue weighted by Crippen LogP contribution is 2.21. The second-order valence-electron chi connectivity index (χ2n) is 6.06. The maximum Gasteiger partial charge on any atom is 0.119 e. The second kappa shape index (κ2) is 9.44. The van der Waals surface area contributed by atoms with Gasteiger partial charge in [-0.15, -0.1) is 0 Å². The summed E-state index contributed by atoms with van der Waals surface area (Å²) in [6.45, 7) is 11.6. The van der Waals surface area contributed by atoms with Crippen molar-refractivity contribution in [2.24, 2.45) is 0 Å². The van der Waals surface area contributed by atoms with E-state index < -0.39 is 0 Å². The predicted octanol–water partition coefficient (Wildman–Crippen LogP) is 6.27. The maximum atomic E-state index is 5.78. The zero-order valence-corrected chi connectivity index (χ0v) is 14.3. The quantitative estimate of drug-likeness (QED) is 0.512. The Morgan fingerprint density at radius 2 is 1.76 bits per heavy atom. The summed E-state index contributed by atoms with van der Waals surface area (Å²) in [6.07, 6.45) is 7.87. The standard InChI is InChI=1S/C20H30O/c1-6-18(5)19-10-12-20(13-11-19)21-15-14-17(4)9-7-8-16(2)3/h8,10-14,18H,6-7,9,15H2,1-5H3/b17-14+/t18-/m1/s1. The van der Waals surface area contributed by atoms with Crippen molar-refractivity contribution in [3.05, 3.63) is 53.1 Å². The minimum absolute atomic E-state index is 0.622. The van der Waals surface area contributed by atoms with Gasteiger partial charge in [0.2, 0.25) is 0 Å². The van der Waals surface area contributed by atoms with E-state index in [4.69, 9.17) is 4.74 Å². The fraction of sp³-hybridized carbons (Fsp3) is 0.500. The molecule has 0 bridgehead atoms. The summed E-state index contributed by atoms with van der Waals surface area (Å²) < 4.78 is 5.78. The first kappa shape index (κ1) is 17.6. The molecular weight excluding hydrogens is 256 g/mol. The summed E-state index contributed by atoms with van der Waals surface area (Å²) in [5, 5.41) is 0. The van der Waals surface area contributed by atoms with Crippen LogP contribution in [-0.4, -0.2) is 6.61 Å². The van der Waals surface area contributed by atoms with Crippen LogP contribution in [0.3, 0.4) is 0 Å². The van der Waals surface area contributed by atoms with Gasteiger partial charge in [0, 0.05) is 0 Å². The van der Waals surface area contributed by atoms with Crippen molar-refractivity contribution in [3.8, 4) is 5.75 Å². The van der Waals surface area contributed by atoms with E-state index in [0.717, 1.165) is 18.6 Å². The van der Waals surface area contributed by atoms with Crippen LogP contribution in [0, 0.1) is 0 Å². The lowest BCUT2D eigenvalue weighted by Crippen LogP contribution is -1.96. The predicted molar refractivity (Wildman–Crippen MR) is 93.1 cm³/mol. The van der Waals surface area contributed by atoms with Crippen LogP contribution in [-0.2, 0) is 0 Å². The molecule has 0 aliphatic carbocycles. The highest BCUT2D eigenvalue weighted by Gasteiger charge is 2.02. The van der Waals surface area contributed by atoms with Gasteiger partial charge in [0.1, 0.15) is 12.4 Å². The molecule has 0 radical (unpaired) electrons. The molecule has 0 aliphatic rings. The molecule has 1 atom stereocenters. The molecule has 1 rings (SSSR count). The third-order valence-corrected chi connectivity index (χ3v) is 3.83. The molecule has 1 aromatic carbocycles. The van der Waals surface area contributed by atoms with Crippen molar-refractivity contribution < 1.29 is 4.74 Å². The van der Waals surface area contributed by atoms with Crippen LogP contribution in [0.25, 0.3) is 0 Å². The largest absolute Gasteiger partial charge is 0.490 e. The van der Waals surface area contributed by atoms with Gasteiger partial charge in [0.15, 0.2) is 0 Å². The fourth-order valence-electron chi connectivity index (χ4n) is 2.10. The summed E-state index contributed by atoms with van der Waals surface area (Å²) in [5.74, 6) is 1.58. The van der Waals surface area contributed by atoms with Gasteiger partial charge in [0.05, 0.1) is 0 Å². The molecule has 0 spiro atoms. The third-order valence-electron chi connectivity index (χ3n) is 3.83. The summed E-state index contributed by atoms with van der Waals surface area (Å²) in [5.41, 5.74) is 4.17. The Bertz CT molecular complexity index is 461. The van der Waals surface area contributed by atoms with Gasteiger partial charge in [-0.1, -0.05) is 43.2 Å². The Kier molecular flexibility index (Phi) is 7.89. The molecule has 0 saturated heterocycles. The monoisotopic (exact) mass is 286 g/mol. The molecule has 0 unspecified atom stereocenters. The smallest absolute Gasteiger partial charge is 0.119 e. The van der Waals surface area contributed by atoms with E-state index >= 15 is 0 Å². The molecule has 1 heteroatoms. The van der Waals surface area contributed by atoms with E-state index in [1.165, 1.54) is 23.1 Å². The minimum atomic E-state index is 0.622. The lowest BCUT2D eigenvalue weighted by molar-refractivity contribution is 0.361. The van der Waals surface area contributed by atoms with Gasteiger partial charge in [-0.2, -0.15) is 0 Å². The van der Waals surface area contributed by atoms with Crippen LogP contribution in [0.1, 0.15) is 65.4 Å². The number of allylic oxidation sites excluding steroid dienone is 3. The van der Waals surface area contributed by atoms with Crippen molar-refractivity contribution in [3.63, 3.8) is 0 Å². The van der Waals surface area contributed by atoms with Crippen LogP contribution in [0.15, 0.2) is 47.6 Å². The highest BCUT2D eigenvalue weighted by atomic mass is 16.5. The Labute approximate surface area is 130 Å². The summed E-state index contributed by atoms with van der Waals surface area (Å²) in [4.78, 5) is 0. The van der Waals surface area contributed by atoms with Crippen molar-refractivity contribution in [2.45, 2.75) is 59.8 Å². The Balaban J connectivity index is 2.39. The van der Waals surface area contributed by atoms with E-state index in [0.29, 0.717) is 12.5 Å². The number of hydrogen-bond acceptors (Lipinski definition) is 1. The fourth-order valence-corrected chi connectivity index (χ4v) is 2.10. The van der Waals surface area contributed by atoms with Gasteiger partial charge in [-0.05, 0) is 69.7 Å². The molecule has 0 aromatic heterocycles. The zero-order chi connectivity index (χ0) is 15.7. The van der Waals surface area contributed by atoms with E-state index in [2.05, 4.69) is 71.0 Å². The number of ether oxygens (including phenoxy) is 1. The minimum Gasteiger partial charge on any atom is -0.490 e. The van der Waals surface area contributed by atoms with Crippen LogP contribution in [0.4, 0.5) is 0 Å². The summed E-state index contributed by atoms with van der Waals surface area (Å²) >= 11 is 0. The molecule has 21 heavy (non-hydrogen) atoms. The van der Waals surface area contributed by atoms with Gasteiger partial charge in [0.25, 0.3) is 0 Å². The maximum absolute atomic E-state index is 5.78. The molecule has 1 nitrogen and oxygen atoms in total. The van der Waals surface area contributed by atoms with E-state index in [9.17, 15) is 0 Å². The average Bonchev–Trinajstić information content (AvgIpc) is 2.46. The normalized spacial score (nSPS) is 12.9. The Morgan fingerprint density at radius 3 is 2.33 bits per heavy atom. The molecule has 0 fully saturated rings. The first-order valence-electron chi connectivity index (χ1n) is 8.04. The first-order valence-corrected chi connectivity index (χ1v) is 8.04. The van der Waals surface area contributed by atoms with E-state index in [1.807, 2.05) is 0 Å². The van der Waals surface area contributed by atoms with Gasteiger partial charge >= 0.3 is 0 Å². The van der Waals surface area contributed by atoms with E-state index in [1.54, 1.807) is 0 Å². The lowest BCUT2D eigenvalue weighted by atomic mass is 9.99. The topological polar surface area (TPSA) is 9.23 Å². The summed E-state index contributed by atoms with van der Waals surface area (Å²) in [7, 11) is 0. The molecule has 116 valence electrons. The third kappa shape index (κ3) is 7.17. The van der Waals surface area contributed by atoms with Crippen molar-refractivity contribution >= 4 is 0 Å². The van der Waals surface area contributed by atoms with Crippen LogP contribution >= 0.6 is 0 Å². The van der Waals surface area contributed by atoms with Crippen LogP contribution in [0.5, 0.6) is 5.75 Å².